The van der Waals surface area contributed by atoms with Crippen LogP contribution in [-0.2, 0) is 0 Å². The lowest BCUT2D eigenvalue weighted by molar-refractivity contribution is 0.0718. The van der Waals surface area contributed by atoms with E-state index in [0.29, 0.717) is 18.1 Å². The maximum atomic E-state index is 12.1. The second-order valence-electron chi connectivity index (χ2n) is 4.31. The van der Waals surface area contributed by atoms with Gasteiger partial charge >= 0.3 is 0 Å². The number of rotatable bonds is 4. The number of nitrogens with one attached hydrogen (secondary N) is 1. The van der Waals surface area contributed by atoms with Crippen LogP contribution in [0, 0.1) is 0 Å². The van der Waals surface area contributed by atoms with Crippen LogP contribution in [0.15, 0.2) is 25.0 Å². The molecule has 1 aliphatic rings. The topological polar surface area (TPSA) is 58.1 Å². The Morgan fingerprint density at radius 2 is 2.11 bits per heavy atom. The van der Waals surface area contributed by atoms with Crippen LogP contribution in [0.4, 0.5) is 5.82 Å². The summed E-state index contributed by atoms with van der Waals surface area (Å²) >= 11 is 0. The van der Waals surface area contributed by atoms with Gasteiger partial charge in [-0.3, -0.25) is 4.79 Å². The van der Waals surface area contributed by atoms with E-state index in [4.69, 9.17) is 0 Å². The van der Waals surface area contributed by atoms with Crippen molar-refractivity contribution < 1.29 is 4.79 Å². The zero-order valence-electron chi connectivity index (χ0n) is 10.4. The number of likely N-dealkylation sites (tertiary alicyclic amines) is 1. The van der Waals surface area contributed by atoms with E-state index in [1.54, 1.807) is 12.3 Å². The molecule has 1 aromatic rings. The minimum Gasteiger partial charge on any atom is -0.365 e. The summed E-state index contributed by atoms with van der Waals surface area (Å²) in [6.07, 6.45) is 8.23. The van der Waals surface area contributed by atoms with Gasteiger partial charge in [0, 0.05) is 19.6 Å². The summed E-state index contributed by atoms with van der Waals surface area (Å²) in [5.74, 6) is 0.641. The van der Waals surface area contributed by atoms with Gasteiger partial charge < -0.3 is 10.2 Å². The standard InChI is InChI=1S/C13H18N4O/c1-2-6-14-12-10-15-11(9-16-12)13(18)17-7-4-3-5-8-17/h2,9-10H,1,3-8H2,(H,14,16). The van der Waals surface area contributed by atoms with Crippen molar-refractivity contribution in [3.8, 4) is 0 Å². The van der Waals surface area contributed by atoms with Crippen molar-refractivity contribution in [2.75, 3.05) is 25.0 Å². The summed E-state index contributed by atoms with van der Waals surface area (Å²) in [5.41, 5.74) is 0.418. The molecule has 5 heteroatoms. The molecule has 0 saturated carbocycles. The van der Waals surface area contributed by atoms with Crippen LogP contribution in [0.1, 0.15) is 29.8 Å². The molecule has 18 heavy (non-hydrogen) atoms. The molecule has 2 heterocycles. The Labute approximate surface area is 107 Å². The van der Waals surface area contributed by atoms with Crippen molar-refractivity contribution >= 4 is 11.7 Å². The van der Waals surface area contributed by atoms with Crippen LogP contribution >= 0.6 is 0 Å². The van der Waals surface area contributed by atoms with Crippen molar-refractivity contribution in [3.63, 3.8) is 0 Å². The molecule has 96 valence electrons. The largest absolute Gasteiger partial charge is 0.365 e. The highest BCUT2D eigenvalue weighted by Crippen LogP contribution is 2.12. The van der Waals surface area contributed by atoms with Gasteiger partial charge in [0.05, 0.1) is 12.4 Å². The Balaban J connectivity index is 1.99. The van der Waals surface area contributed by atoms with Crippen molar-refractivity contribution in [2.45, 2.75) is 19.3 Å². The molecular formula is C13H18N4O. The number of anilines is 1. The lowest BCUT2D eigenvalue weighted by Gasteiger charge is -2.26. The van der Waals surface area contributed by atoms with Gasteiger partial charge in [0.15, 0.2) is 0 Å². The normalized spacial score (nSPS) is 15.2. The molecule has 0 bridgehead atoms. The van der Waals surface area contributed by atoms with Crippen LogP contribution in [0.2, 0.25) is 0 Å². The first-order valence-electron chi connectivity index (χ1n) is 6.27. The Kier molecular flexibility index (Phi) is 4.28. The number of hydrogen-bond acceptors (Lipinski definition) is 4. The fourth-order valence-corrected chi connectivity index (χ4v) is 1.97. The molecule has 0 spiro atoms. The Morgan fingerprint density at radius 3 is 2.72 bits per heavy atom. The molecule has 1 N–H and O–H groups in total. The van der Waals surface area contributed by atoms with Crippen molar-refractivity contribution in [2.24, 2.45) is 0 Å². The first-order chi connectivity index (χ1) is 8.81. The van der Waals surface area contributed by atoms with Gasteiger partial charge in [0.1, 0.15) is 11.5 Å². The van der Waals surface area contributed by atoms with Crippen molar-refractivity contribution in [1.82, 2.24) is 14.9 Å². The molecule has 0 atom stereocenters. The zero-order chi connectivity index (χ0) is 12.8. The predicted molar refractivity (Wildman–Crippen MR) is 70.5 cm³/mol. The average molecular weight is 246 g/mol. The number of aromatic nitrogens is 2. The van der Waals surface area contributed by atoms with E-state index in [2.05, 4.69) is 21.9 Å². The van der Waals surface area contributed by atoms with E-state index >= 15 is 0 Å². The van der Waals surface area contributed by atoms with Crippen LogP contribution in [0.5, 0.6) is 0 Å². The highest BCUT2D eigenvalue weighted by Gasteiger charge is 2.19. The average Bonchev–Trinajstić information content (AvgIpc) is 2.46. The quantitative estimate of drug-likeness (QED) is 0.821. The summed E-state index contributed by atoms with van der Waals surface area (Å²) in [7, 11) is 0. The molecular weight excluding hydrogens is 228 g/mol. The van der Waals surface area contributed by atoms with Crippen molar-refractivity contribution in [1.29, 1.82) is 0 Å². The molecule has 1 fully saturated rings. The summed E-state index contributed by atoms with van der Waals surface area (Å²) in [5, 5.41) is 3.02. The first kappa shape index (κ1) is 12.5. The Morgan fingerprint density at radius 1 is 1.33 bits per heavy atom. The van der Waals surface area contributed by atoms with E-state index in [1.165, 1.54) is 12.6 Å². The minimum atomic E-state index is -0.0162. The second kappa shape index (κ2) is 6.14. The monoisotopic (exact) mass is 246 g/mol. The lowest BCUT2D eigenvalue weighted by atomic mass is 10.1. The van der Waals surface area contributed by atoms with E-state index < -0.39 is 0 Å². The third-order valence-electron chi connectivity index (χ3n) is 2.94. The molecule has 2 rings (SSSR count). The number of carbonyl (C=O) groups excluding carboxylic acids is 1. The number of hydrogen-bond donors (Lipinski definition) is 1. The maximum Gasteiger partial charge on any atom is 0.274 e. The maximum absolute atomic E-state index is 12.1. The SMILES string of the molecule is C=CCNc1cnc(C(=O)N2CCCCC2)cn1. The molecule has 0 aliphatic carbocycles. The van der Waals surface area contributed by atoms with Gasteiger partial charge in [0.2, 0.25) is 0 Å². The highest BCUT2D eigenvalue weighted by atomic mass is 16.2. The minimum absolute atomic E-state index is 0.0162. The third kappa shape index (κ3) is 3.06. The molecule has 1 aliphatic heterocycles. The van der Waals surface area contributed by atoms with E-state index in [0.717, 1.165) is 25.9 Å². The van der Waals surface area contributed by atoms with Gasteiger partial charge in [0.25, 0.3) is 5.91 Å². The van der Waals surface area contributed by atoms with E-state index in [-0.39, 0.29) is 5.91 Å². The van der Waals surface area contributed by atoms with Crippen LogP contribution in [0.25, 0.3) is 0 Å². The summed E-state index contributed by atoms with van der Waals surface area (Å²) in [6.45, 7) is 5.90. The first-order valence-corrected chi connectivity index (χ1v) is 6.27. The van der Waals surface area contributed by atoms with Crippen LogP contribution < -0.4 is 5.32 Å². The number of nitrogens with zero attached hydrogens (tertiary/aromatic N) is 3. The Hall–Kier alpha value is -1.91. The van der Waals surface area contributed by atoms with Gasteiger partial charge in [-0.1, -0.05) is 6.08 Å². The molecule has 1 saturated heterocycles. The number of amides is 1. The van der Waals surface area contributed by atoms with Crippen LogP contribution in [-0.4, -0.2) is 40.4 Å². The molecule has 5 nitrogen and oxygen atoms in total. The molecule has 0 radical (unpaired) electrons. The predicted octanol–water partition coefficient (Wildman–Crippen LogP) is 1.70. The Bertz CT molecular complexity index is 410. The molecule has 1 amide bonds. The van der Waals surface area contributed by atoms with Gasteiger partial charge in [-0.2, -0.15) is 0 Å². The van der Waals surface area contributed by atoms with Crippen LogP contribution in [0.3, 0.4) is 0 Å². The molecule has 1 aromatic heterocycles. The third-order valence-corrected chi connectivity index (χ3v) is 2.94. The smallest absolute Gasteiger partial charge is 0.274 e. The summed E-state index contributed by atoms with van der Waals surface area (Å²) < 4.78 is 0. The highest BCUT2D eigenvalue weighted by molar-refractivity contribution is 5.92. The van der Waals surface area contributed by atoms with E-state index in [9.17, 15) is 4.79 Å². The van der Waals surface area contributed by atoms with Crippen molar-refractivity contribution in [3.05, 3.63) is 30.7 Å². The summed E-state index contributed by atoms with van der Waals surface area (Å²) in [6, 6.07) is 0. The van der Waals surface area contributed by atoms with E-state index in [1.807, 2.05) is 4.90 Å². The van der Waals surface area contributed by atoms with Gasteiger partial charge in [-0.05, 0) is 19.3 Å². The lowest BCUT2D eigenvalue weighted by Crippen LogP contribution is -2.36. The number of carbonyl (C=O) groups is 1. The molecule has 0 aromatic carbocycles. The second-order valence-corrected chi connectivity index (χ2v) is 4.31. The summed E-state index contributed by atoms with van der Waals surface area (Å²) in [4.78, 5) is 22.3. The number of piperidine rings is 1. The van der Waals surface area contributed by atoms with Gasteiger partial charge in [-0.15, -0.1) is 6.58 Å². The van der Waals surface area contributed by atoms with Gasteiger partial charge in [-0.25, -0.2) is 9.97 Å². The fourth-order valence-electron chi connectivity index (χ4n) is 1.97. The molecule has 0 unspecified atom stereocenters. The fraction of sp³-hybridized carbons (Fsp3) is 0.462. The zero-order valence-corrected chi connectivity index (χ0v) is 10.4.